The molecule has 1 aromatic rings. The van der Waals surface area contributed by atoms with Gasteiger partial charge < -0.3 is 16.0 Å². The highest BCUT2D eigenvalue weighted by atomic mass is 16.2. The lowest BCUT2D eigenvalue weighted by Crippen LogP contribution is -2.39. The first-order valence-corrected chi connectivity index (χ1v) is 6.18. The maximum atomic E-state index is 11.7. The summed E-state index contributed by atoms with van der Waals surface area (Å²) < 4.78 is 1.72. The lowest BCUT2D eigenvalue weighted by Gasteiger charge is -2.20. The SMILES string of the molecule is CCc1nn(C)c(N(C)CC(=O)NC(C)C)c1N. The van der Waals surface area contributed by atoms with Gasteiger partial charge in [-0.15, -0.1) is 0 Å². The minimum atomic E-state index is -0.0221. The summed E-state index contributed by atoms with van der Waals surface area (Å²) in [5, 5.41) is 7.19. The molecule has 1 rings (SSSR count). The van der Waals surface area contributed by atoms with E-state index >= 15 is 0 Å². The first kappa shape index (κ1) is 14.3. The van der Waals surface area contributed by atoms with Gasteiger partial charge in [-0.2, -0.15) is 5.10 Å². The van der Waals surface area contributed by atoms with E-state index in [1.807, 2.05) is 39.8 Å². The van der Waals surface area contributed by atoms with Gasteiger partial charge >= 0.3 is 0 Å². The number of aryl methyl sites for hydroxylation is 2. The van der Waals surface area contributed by atoms with Crippen LogP contribution in [0.25, 0.3) is 0 Å². The number of amides is 1. The number of nitrogen functional groups attached to an aromatic ring is 1. The molecule has 0 fully saturated rings. The Morgan fingerprint density at radius 1 is 1.56 bits per heavy atom. The summed E-state index contributed by atoms with van der Waals surface area (Å²) in [6.45, 7) is 6.15. The zero-order valence-electron chi connectivity index (χ0n) is 11.8. The summed E-state index contributed by atoms with van der Waals surface area (Å²) in [6, 6.07) is 0.140. The Morgan fingerprint density at radius 3 is 2.61 bits per heavy atom. The van der Waals surface area contributed by atoms with E-state index in [0.717, 1.165) is 17.9 Å². The third-order valence-electron chi connectivity index (χ3n) is 2.66. The smallest absolute Gasteiger partial charge is 0.239 e. The predicted molar refractivity (Wildman–Crippen MR) is 73.5 cm³/mol. The fraction of sp³-hybridized carbons (Fsp3) is 0.667. The largest absolute Gasteiger partial charge is 0.394 e. The second-order valence-corrected chi connectivity index (χ2v) is 4.74. The van der Waals surface area contributed by atoms with Gasteiger partial charge in [-0.3, -0.25) is 9.48 Å². The maximum Gasteiger partial charge on any atom is 0.239 e. The number of hydrogen-bond donors (Lipinski definition) is 2. The summed E-state index contributed by atoms with van der Waals surface area (Å²) >= 11 is 0. The van der Waals surface area contributed by atoms with Gasteiger partial charge in [0, 0.05) is 20.1 Å². The fourth-order valence-corrected chi connectivity index (χ4v) is 1.96. The summed E-state index contributed by atoms with van der Waals surface area (Å²) in [4.78, 5) is 13.5. The number of aromatic nitrogens is 2. The molecule has 0 aliphatic carbocycles. The van der Waals surface area contributed by atoms with Crippen LogP contribution in [0.1, 0.15) is 26.5 Å². The van der Waals surface area contributed by atoms with Crippen LogP contribution in [0.4, 0.5) is 11.5 Å². The van der Waals surface area contributed by atoms with E-state index in [1.165, 1.54) is 0 Å². The van der Waals surface area contributed by atoms with Crippen LogP contribution in [-0.4, -0.2) is 35.3 Å². The summed E-state index contributed by atoms with van der Waals surface area (Å²) in [5.41, 5.74) is 7.55. The average Bonchev–Trinajstić information content (AvgIpc) is 2.52. The number of nitrogens with two attached hydrogens (primary N) is 1. The quantitative estimate of drug-likeness (QED) is 0.802. The molecule has 0 saturated heterocycles. The number of rotatable bonds is 5. The van der Waals surface area contributed by atoms with Gasteiger partial charge in [0.15, 0.2) is 5.82 Å². The molecular formula is C12H23N5O. The van der Waals surface area contributed by atoms with Crippen molar-refractivity contribution in [3.05, 3.63) is 5.69 Å². The molecule has 0 aromatic carbocycles. The molecule has 1 heterocycles. The van der Waals surface area contributed by atoms with Crippen molar-refractivity contribution in [2.75, 3.05) is 24.2 Å². The number of nitrogens with zero attached hydrogens (tertiary/aromatic N) is 3. The molecule has 3 N–H and O–H groups in total. The van der Waals surface area contributed by atoms with E-state index in [-0.39, 0.29) is 18.5 Å². The lowest BCUT2D eigenvalue weighted by molar-refractivity contribution is -0.120. The average molecular weight is 253 g/mol. The number of hydrogen-bond acceptors (Lipinski definition) is 4. The van der Waals surface area contributed by atoms with Gasteiger partial charge in [-0.05, 0) is 20.3 Å². The van der Waals surface area contributed by atoms with Crippen LogP contribution in [0, 0.1) is 0 Å². The van der Waals surface area contributed by atoms with Gasteiger partial charge in [-0.25, -0.2) is 0 Å². The van der Waals surface area contributed by atoms with Gasteiger partial charge in [0.05, 0.1) is 17.9 Å². The van der Waals surface area contributed by atoms with Crippen LogP contribution in [-0.2, 0) is 18.3 Å². The molecule has 0 radical (unpaired) electrons. The third kappa shape index (κ3) is 3.15. The predicted octanol–water partition coefficient (Wildman–Crippen LogP) is 0.526. The molecule has 1 amide bonds. The molecule has 0 spiro atoms. The van der Waals surface area contributed by atoms with Crippen molar-refractivity contribution in [3.8, 4) is 0 Å². The number of carbonyl (C=O) groups excluding carboxylic acids is 1. The minimum Gasteiger partial charge on any atom is -0.394 e. The van der Waals surface area contributed by atoms with Crippen LogP contribution < -0.4 is 16.0 Å². The van der Waals surface area contributed by atoms with Crippen molar-refractivity contribution in [2.45, 2.75) is 33.2 Å². The Hall–Kier alpha value is -1.72. The topological polar surface area (TPSA) is 76.2 Å². The Bertz CT molecular complexity index is 424. The van der Waals surface area contributed by atoms with Crippen LogP contribution in [0.2, 0.25) is 0 Å². The lowest BCUT2D eigenvalue weighted by atomic mass is 10.3. The molecule has 0 aliphatic rings. The highest BCUT2D eigenvalue weighted by molar-refractivity contribution is 5.82. The van der Waals surface area contributed by atoms with Gasteiger partial charge in [0.1, 0.15) is 0 Å². The van der Waals surface area contributed by atoms with Crippen molar-refractivity contribution in [1.29, 1.82) is 0 Å². The van der Waals surface area contributed by atoms with Gasteiger partial charge in [0.2, 0.25) is 5.91 Å². The molecule has 1 aromatic heterocycles. The van der Waals surface area contributed by atoms with Crippen molar-refractivity contribution < 1.29 is 4.79 Å². The molecule has 6 nitrogen and oxygen atoms in total. The van der Waals surface area contributed by atoms with E-state index in [2.05, 4.69) is 10.4 Å². The van der Waals surface area contributed by atoms with E-state index in [9.17, 15) is 4.79 Å². The Balaban J connectivity index is 2.81. The van der Waals surface area contributed by atoms with E-state index < -0.39 is 0 Å². The minimum absolute atomic E-state index is 0.0221. The normalized spacial score (nSPS) is 10.8. The van der Waals surface area contributed by atoms with Crippen molar-refractivity contribution in [1.82, 2.24) is 15.1 Å². The molecule has 0 unspecified atom stereocenters. The Labute approximate surface area is 108 Å². The number of likely N-dealkylation sites (N-methyl/N-ethyl adjacent to an activating group) is 1. The first-order valence-electron chi connectivity index (χ1n) is 6.18. The Morgan fingerprint density at radius 2 is 2.17 bits per heavy atom. The Kier molecular flexibility index (Phi) is 4.58. The van der Waals surface area contributed by atoms with Crippen LogP contribution >= 0.6 is 0 Å². The van der Waals surface area contributed by atoms with E-state index in [4.69, 9.17) is 5.73 Å². The molecule has 102 valence electrons. The highest BCUT2D eigenvalue weighted by Crippen LogP contribution is 2.25. The molecule has 18 heavy (non-hydrogen) atoms. The van der Waals surface area contributed by atoms with Gasteiger partial charge in [0.25, 0.3) is 0 Å². The monoisotopic (exact) mass is 253 g/mol. The molecule has 0 atom stereocenters. The molecule has 0 bridgehead atoms. The van der Waals surface area contributed by atoms with Crippen molar-refractivity contribution in [3.63, 3.8) is 0 Å². The van der Waals surface area contributed by atoms with Crippen LogP contribution in [0.5, 0.6) is 0 Å². The second kappa shape index (κ2) is 5.75. The van der Waals surface area contributed by atoms with Crippen LogP contribution in [0.15, 0.2) is 0 Å². The zero-order valence-corrected chi connectivity index (χ0v) is 11.8. The van der Waals surface area contributed by atoms with E-state index in [1.54, 1.807) is 4.68 Å². The van der Waals surface area contributed by atoms with E-state index in [0.29, 0.717) is 5.69 Å². The molecule has 0 aliphatic heterocycles. The third-order valence-corrected chi connectivity index (χ3v) is 2.66. The highest BCUT2D eigenvalue weighted by Gasteiger charge is 2.17. The number of nitrogens with one attached hydrogen (secondary N) is 1. The summed E-state index contributed by atoms with van der Waals surface area (Å²) in [6.07, 6.45) is 0.783. The second-order valence-electron chi connectivity index (χ2n) is 4.74. The van der Waals surface area contributed by atoms with Crippen molar-refractivity contribution >= 4 is 17.4 Å². The molecular weight excluding hydrogens is 230 g/mol. The summed E-state index contributed by atoms with van der Waals surface area (Å²) in [5.74, 6) is 0.761. The summed E-state index contributed by atoms with van der Waals surface area (Å²) in [7, 11) is 3.68. The fourth-order valence-electron chi connectivity index (χ4n) is 1.96. The van der Waals surface area contributed by atoms with Crippen LogP contribution in [0.3, 0.4) is 0 Å². The number of anilines is 2. The standard InChI is InChI=1S/C12H23N5O/c1-6-9-11(13)12(17(5)15-9)16(4)7-10(18)14-8(2)3/h8H,6-7,13H2,1-5H3,(H,14,18). The van der Waals surface area contributed by atoms with Crippen molar-refractivity contribution in [2.24, 2.45) is 7.05 Å². The zero-order chi connectivity index (χ0) is 13.9. The maximum absolute atomic E-state index is 11.7. The number of carbonyl (C=O) groups is 1. The van der Waals surface area contributed by atoms with Gasteiger partial charge in [-0.1, -0.05) is 6.92 Å². The molecule has 6 heteroatoms. The first-order chi connectivity index (χ1) is 8.36. The molecule has 0 saturated carbocycles.